The second kappa shape index (κ2) is 7.73. The first-order valence-electron chi connectivity index (χ1n) is 8.62. The lowest BCUT2D eigenvalue weighted by Crippen LogP contribution is -2.01. The van der Waals surface area contributed by atoms with Crippen molar-refractivity contribution in [1.29, 1.82) is 0 Å². The van der Waals surface area contributed by atoms with Crippen molar-refractivity contribution in [2.75, 3.05) is 0 Å². The predicted molar refractivity (Wildman–Crippen MR) is 109 cm³/mol. The molecule has 4 aromatic rings. The summed E-state index contributed by atoms with van der Waals surface area (Å²) in [7, 11) is 0. The molecule has 4 rings (SSSR count). The van der Waals surface area contributed by atoms with Crippen LogP contribution in [0.3, 0.4) is 0 Å². The van der Waals surface area contributed by atoms with Gasteiger partial charge in [-0.15, -0.1) is 0 Å². The van der Waals surface area contributed by atoms with Crippen molar-refractivity contribution in [1.82, 2.24) is 9.97 Å². The maximum absolute atomic E-state index is 11.8. The Morgan fingerprint density at radius 1 is 0.966 bits per heavy atom. The van der Waals surface area contributed by atoms with Crippen LogP contribution in [0.4, 0.5) is 5.69 Å². The fourth-order valence-corrected chi connectivity index (χ4v) is 2.95. The molecule has 0 amide bonds. The van der Waals surface area contributed by atoms with Gasteiger partial charge in [0, 0.05) is 10.4 Å². The molecule has 0 aliphatic rings. The first-order valence-corrected chi connectivity index (χ1v) is 9.00. The highest BCUT2D eigenvalue weighted by Gasteiger charge is 2.27. The smallest absolute Gasteiger partial charge is 0.393 e. The first-order chi connectivity index (χ1) is 14.0. The van der Waals surface area contributed by atoms with Crippen LogP contribution in [-0.4, -0.2) is 14.9 Å². The first kappa shape index (κ1) is 18.6. The summed E-state index contributed by atoms with van der Waals surface area (Å²) in [6.45, 7) is 1.80. The highest BCUT2D eigenvalue weighted by Crippen LogP contribution is 2.39. The van der Waals surface area contributed by atoms with Crippen molar-refractivity contribution < 1.29 is 14.4 Å². The predicted octanol–water partition coefficient (Wildman–Crippen LogP) is 6.08. The number of fused-ring (bicyclic) bond motifs is 1. The molecule has 0 aliphatic carbocycles. The summed E-state index contributed by atoms with van der Waals surface area (Å²) < 4.78 is 11.5. The van der Waals surface area contributed by atoms with E-state index in [2.05, 4.69) is 9.97 Å². The van der Waals surface area contributed by atoms with Crippen LogP contribution in [0, 0.1) is 17.0 Å². The molecule has 3 aromatic carbocycles. The van der Waals surface area contributed by atoms with E-state index in [0.29, 0.717) is 16.5 Å². The molecule has 0 bridgehead atoms. The number of hydrogen-bond donors (Lipinski definition) is 0. The maximum atomic E-state index is 11.8. The second-order valence-corrected chi connectivity index (χ2v) is 6.59. The monoisotopic (exact) mass is 407 g/mol. The molecule has 0 spiro atoms. The highest BCUT2D eigenvalue weighted by atomic mass is 35.5. The Morgan fingerprint density at radius 3 is 2.45 bits per heavy atom. The SMILES string of the molecule is Cc1cc(Oc2ncnc(Oc3cccc4ccccc34)c2[N+](=O)[O-])ccc1Cl. The van der Waals surface area contributed by atoms with Crippen LogP contribution in [0.25, 0.3) is 10.8 Å². The molecule has 8 heteroatoms. The van der Waals surface area contributed by atoms with Crippen molar-refractivity contribution in [2.24, 2.45) is 0 Å². The Morgan fingerprint density at radius 2 is 1.69 bits per heavy atom. The van der Waals surface area contributed by atoms with Gasteiger partial charge in [0.1, 0.15) is 17.8 Å². The Balaban J connectivity index is 1.75. The van der Waals surface area contributed by atoms with E-state index in [4.69, 9.17) is 21.1 Å². The van der Waals surface area contributed by atoms with Gasteiger partial charge in [0.25, 0.3) is 0 Å². The van der Waals surface area contributed by atoms with E-state index in [1.165, 1.54) is 0 Å². The van der Waals surface area contributed by atoms with Gasteiger partial charge in [0.05, 0.1) is 4.92 Å². The lowest BCUT2D eigenvalue weighted by Gasteiger charge is -2.10. The van der Waals surface area contributed by atoms with Crippen LogP contribution in [-0.2, 0) is 0 Å². The zero-order chi connectivity index (χ0) is 20.4. The lowest BCUT2D eigenvalue weighted by molar-refractivity contribution is -0.387. The molecule has 0 unspecified atom stereocenters. The van der Waals surface area contributed by atoms with Gasteiger partial charge in [-0.2, -0.15) is 9.97 Å². The average Bonchev–Trinajstić information content (AvgIpc) is 2.71. The third-order valence-corrected chi connectivity index (χ3v) is 4.66. The minimum atomic E-state index is -0.626. The lowest BCUT2D eigenvalue weighted by atomic mass is 10.1. The van der Waals surface area contributed by atoms with E-state index in [1.807, 2.05) is 30.3 Å². The Hall–Kier alpha value is -3.71. The van der Waals surface area contributed by atoms with Crippen molar-refractivity contribution in [2.45, 2.75) is 6.92 Å². The largest absolute Gasteiger partial charge is 0.433 e. The second-order valence-electron chi connectivity index (χ2n) is 6.18. The molecular formula is C21H14ClN3O4. The number of rotatable bonds is 5. The number of ether oxygens (including phenoxy) is 2. The van der Waals surface area contributed by atoms with Crippen LogP contribution >= 0.6 is 11.6 Å². The van der Waals surface area contributed by atoms with E-state index in [1.54, 1.807) is 37.3 Å². The fourth-order valence-electron chi connectivity index (χ4n) is 2.83. The van der Waals surface area contributed by atoms with E-state index in [-0.39, 0.29) is 11.8 Å². The topological polar surface area (TPSA) is 87.4 Å². The molecule has 0 atom stereocenters. The summed E-state index contributed by atoms with van der Waals surface area (Å²) in [6, 6.07) is 17.9. The van der Waals surface area contributed by atoms with Crippen LogP contribution in [0.5, 0.6) is 23.3 Å². The highest BCUT2D eigenvalue weighted by molar-refractivity contribution is 6.31. The summed E-state index contributed by atoms with van der Waals surface area (Å²) in [6.07, 6.45) is 1.16. The third kappa shape index (κ3) is 3.81. The van der Waals surface area contributed by atoms with Gasteiger partial charge in [-0.1, -0.05) is 48.0 Å². The molecule has 0 radical (unpaired) electrons. The summed E-state index contributed by atoms with van der Waals surface area (Å²) in [5.74, 6) is 0.381. The quantitative estimate of drug-likeness (QED) is 0.294. The Bertz CT molecular complexity index is 1220. The van der Waals surface area contributed by atoms with Gasteiger partial charge in [-0.05, 0) is 42.1 Å². The fraction of sp³-hybridized carbons (Fsp3) is 0.0476. The van der Waals surface area contributed by atoms with Crippen molar-refractivity contribution in [3.63, 3.8) is 0 Å². The van der Waals surface area contributed by atoms with Gasteiger partial charge in [0.2, 0.25) is 0 Å². The molecule has 7 nitrogen and oxygen atoms in total. The number of aromatic nitrogens is 2. The molecule has 29 heavy (non-hydrogen) atoms. The molecule has 1 aromatic heterocycles. The van der Waals surface area contributed by atoms with Gasteiger partial charge >= 0.3 is 17.4 Å². The third-order valence-electron chi connectivity index (χ3n) is 4.24. The number of nitrogens with zero attached hydrogens (tertiary/aromatic N) is 3. The molecule has 0 aliphatic heterocycles. The van der Waals surface area contributed by atoms with Gasteiger partial charge in [-0.25, -0.2) is 0 Å². The molecular weight excluding hydrogens is 394 g/mol. The van der Waals surface area contributed by atoms with Crippen molar-refractivity contribution in [3.05, 3.63) is 87.7 Å². The summed E-state index contributed by atoms with van der Waals surface area (Å²) >= 11 is 6.02. The van der Waals surface area contributed by atoms with Crippen molar-refractivity contribution in [3.8, 4) is 23.3 Å². The molecule has 1 heterocycles. The summed E-state index contributed by atoms with van der Waals surface area (Å²) in [4.78, 5) is 19.0. The zero-order valence-corrected chi connectivity index (χ0v) is 16.0. The minimum Gasteiger partial charge on any atom is -0.433 e. The van der Waals surface area contributed by atoms with Crippen LogP contribution in [0.2, 0.25) is 5.02 Å². The van der Waals surface area contributed by atoms with Gasteiger partial charge in [0.15, 0.2) is 0 Å². The van der Waals surface area contributed by atoms with E-state index in [0.717, 1.165) is 22.7 Å². The van der Waals surface area contributed by atoms with Gasteiger partial charge < -0.3 is 9.47 Å². The number of benzene rings is 3. The number of hydrogen-bond acceptors (Lipinski definition) is 6. The van der Waals surface area contributed by atoms with E-state index < -0.39 is 10.6 Å². The molecule has 0 N–H and O–H groups in total. The Labute approximate surface area is 170 Å². The molecule has 0 saturated carbocycles. The average molecular weight is 408 g/mol. The minimum absolute atomic E-state index is 0.206. The maximum Gasteiger partial charge on any atom is 0.393 e. The number of nitro groups is 1. The van der Waals surface area contributed by atoms with Crippen LogP contribution in [0.1, 0.15) is 5.56 Å². The Kier molecular flexibility index (Phi) is 4.97. The molecule has 144 valence electrons. The van der Waals surface area contributed by atoms with E-state index >= 15 is 0 Å². The number of halogens is 1. The molecule has 0 fully saturated rings. The van der Waals surface area contributed by atoms with Crippen molar-refractivity contribution >= 4 is 28.1 Å². The number of aryl methyl sites for hydroxylation is 1. The standard InChI is InChI=1S/C21H14ClN3O4/c1-13-11-15(9-10-17(13)22)28-20-19(25(26)27)21(24-12-23-20)29-18-8-4-6-14-5-2-3-7-16(14)18/h2-12H,1H3. The zero-order valence-electron chi connectivity index (χ0n) is 15.2. The summed E-state index contributed by atoms with van der Waals surface area (Å²) in [5.41, 5.74) is 0.307. The van der Waals surface area contributed by atoms with Crippen LogP contribution in [0.15, 0.2) is 67.0 Å². The summed E-state index contributed by atoms with van der Waals surface area (Å²) in [5, 5.41) is 14.1. The normalized spacial score (nSPS) is 10.7. The molecule has 0 saturated heterocycles. The van der Waals surface area contributed by atoms with E-state index in [9.17, 15) is 10.1 Å². The van der Waals surface area contributed by atoms with Crippen LogP contribution < -0.4 is 9.47 Å². The van der Waals surface area contributed by atoms with Gasteiger partial charge in [-0.3, -0.25) is 10.1 Å².